The van der Waals surface area contributed by atoms with Crippen LogP contribution in [-0.4, -0.2) is 46.8 Å². The first-order valence-corrected chi connectivity index (χ1v) is 7.76. The Hall–Kier alpha value is -1.07. The average molecular weight is 313 g/mol. The van der Waals surface area contributed by atoms with Crippen LogP contribution in [0.1, 0.15) is 32.6 Å². The topological polar surface area (TPSA) is 50.2 Å². The fourth-order valence-corrected chi connectivity index (χ4v) is 3.55. The molecule has 1 N–H and O–H groups in total. The van der Waals surface area contributed by atoms with Crippen LogP contribution < -0.4 is 5.32 Å². The monoisotopic (exact) mass is 312 g/mol. The Kier molecular flexibility index (Phi) is 5.27. The number of nitrogens with zero attached hydrogens (tertiary/aromatic N) is 3. The Bertz CT molecular complexity index is 456. The molecule has 0 aromatic carbocycles. The van der Waals surface area contributed by atoms with Gasteiger partial charge < -0.3 is 10.2 Å². The predicted molar refractivity (Wildman–Crippen MR) is 84.5 cm³/mol. The molecule has 21 heavy (non-hydrogen) atoms. The minimum atomic E-state index is -0.461. The number of halogens is 1. The maximum Gasteiger partial charge on any atom is 0.250 e. The smallest absolute Gasteiger partial charge is 0.250 e. The molecule has 2 aliphatic heterocycles. The Morgan fingerprint density at radius 3 is 2.76 bits per heavy atom. The summed E-state index contributed by atoms with van der Waals surface area (Å²) in [5, 5.41) is 7.74. The molecule has 3 heterocycles. The van der Waals surface area contributed by atoms with Crippen molar-refractivity contribution in [3.63, 3.8) is 0 Å². The molecule has 0 aliphatic carbocycles. The van der Waals surface area contributed by atoms with Crippen molar-refractivity contribution < 1.29 is 4.79 Å². The van der Waals surface area contributed by atoms with Gasteiger partial charge in [0.25, 0.3) is 5.91 Å². The largest absolute Gasteiger partial charge is 0.340 e. The SMILES string of the molecule is CCC1CCN(C(=O)C2(n3cccn3)CCNCC2)C1.Cl. The van der Waals surface area contributed by atoms with Gasteiger partial charge in [-0.1, -0.05) is 13.3 Å². The third kappa shape index (κ3) is 2.94. The van der Waals surface area contributed by atoms with Crippen LogP contribution in [-0.2, 0) is 10.3 Å². The quantitative estimate of drug-likeness (QED) is 0.923. The van der Waals surface area contributed by atoms with Crippen LogP contribution in [0.25, 0.3) is 0 Å². The molecule has 0 radical (unpaired) electrons. The predicted octanol–water partition coefficient (Wildman–Crippen LogP) is 1.64. The average Bonchev–Trinajstić information content (AvgIpc) is 3.18. The van der Waals surface area contributed by atoms with Crippen molar-refractivity contribution in [1.29, 1.82) is 0 Å². The van der Waals surface area contributed by atoms with E-state index in [2.05, 4.69) is 22.2 Å². The molecule has 2 saturated heterocycles. The highest BCUT2D eigenvalue weighted by Gasteiger charge is 2.45. The lowest BCUT2D eigenvalue weighted by atomic mass is 9.87. The molecule has 0 bridgehead atoms. The maximum atomic E-state index is 13.1. The van der Waals surface area contributed by atoms with E-state index >= 15 is 0 Å². The van der Waals surface area contributed by atoms with E-state index in [0.29, 0.717) is 5.92 Å². The van der Waals surface area contributed by atoms with Crippen LogP contribution in [0.15, 0.2) is 18.5 Å². The lowest BCUT2D eigenvalue weighted by Gasteiger charge is -2.39. The zero-order chi connectivity index (χ0) is 14.0. The van der Waals surface area contributed by atoms with Crippen LogP contribution in [0, 0.1) is 5.92 Å². The summed E-state index contributed by atoms with van der Waals surface area (Å²) in [5.41, 5.74) is -0.461. The van der Waals surface area contributed by atoms with Crippen LogP contribution >= 0.6 is 12.4 Å². The molecule has 5 nitrogen and oxygen atoms in total. The minimum Gasteiger partial charge on any atom is -0.340 e. The number of nitrogens with one attached hydrogen (secondary N) is 1. The van der Waals surface area contributed by atoms with Crippen molar-refractivity contribution in [3.05, 3.63) is 18.5 Å². The van der Waals surface area contributed by atoms with Gasteiger partial charge in [0, 0.05) is 25.5 Å². The summed E-state index contributed by atoms with van der Waals surface area (Å²) in [4.78, 5) is 15.2. The Morgan fingerprint density at radius 2 is 2.19 bits per heavy atom. The molecular weight excluding hydrogens is 288 g/mol. The fraction of sp³-hybridized carbons (Fsp3) is 0.733. The molecule has 1 aromatic heterocycles. The molecule has 0 spiro atoms. The molecule has 1 atom stereocenters. The standard InChI is InChI=1S/C15H24N4O.ClH/c1-2-13-4-11-18(12-13)14(20)15(5-8-16-9-6-15)19-10-3-7-17-19;/h3,7,10,13,16H,2,4-6,8-9,11-12H2,1H3;1H. The third-order valence-corrected chi connectivity index (χ3v) is 4.92. The number of piperidine rings is 1. The van der Waals surface area contributed by atoms with Gasteiger partial charge in [0.2, 0.25) is 0 Å². The van der Waals surface area contributed by atoms with Crippen molar-refractivity contribution in [2.45, 2.75) is 38.1 Å². The lowest BCUT2D eigenvalue weighted by Crippen LogP contribution is -2.55. The zero-order valence-corrected chi connectivity index (χ0v) is 13.4. The second-order valence-electron chi connectivity index (χ2n) is 6.05. The summed E-state index contributed by atoms with van der Waals surface area (Å²) in [5.74, 6) is 0.953. The van der Waals surface area contributed by atoms with Gasteiger partial charge in [-0.15, -0.1) is 12.4 Å². The summed E-state index contributed by atoms with van der Waals surface area (Å²) in [7, 11) is 0. The number of rotatable bonds is 3. The van der Waals surface area contributed by atoms with E-state index in [1.165, 1.54) is 6.42 Å². The highest BCUT2D eigenvalue weighted by molar-refractivity contribution is 5.85. The fourth-order valence-electron chi connectivity index (χ4n) is 3.55. The summed E-state index contributed by atoms with van der Waals surface area (Å²) in [6.45, 7) is 5.82. The van der Waals surface area contributed by atoms with Gasteiger partial charge in [0.15, 0.2) is 0 Å². The normalized spacial score (nSPS) is 24.6. The van der Waals surface area contributed by atoms with Gasteiger partial charge in [-0.2, -0.15) is 5.10 Å². The van der Waals surface area contributed by atoms with E-state index in [1.54, 1.807) is 6.20 Å². The number of aromatic nitrogens is 2. The number of likely N-dealkylation sites (tertiary alicyclic amines) is 1. The summed E-state index contributed by atoms with van der Waals surface area (Å²) < 4.78 is 1.90. The van der Waals surface area contributed by atoms with E-state index in [9.17, 15) is 4.79 Å². The first kappa shape index (κ1) is 16.3. The first-order valence-electron chi connectivity index (χ1n) is 7.76. The molecule has 2 aliphatic rings. The number of carbonyl (C=O) groups excluding carboxylic acids is 1. The molecule has 6 heteroatoms. The maximum absolute atomic E-state index is 13.1. The van der Waals surface area contributed by atoms with Crippen molar-refractivity contribution >= 4 is 18.3 Å². The van der Waals surface area contributed by atoms with E-state index in [4.69, 9.17) is 0 Å². The number of amides is 1. The Balaban J connectivity index is 0.00000161. The number of hydrogen-bond acceptors (Lipinski definition) is 3. The molecule has 2 fully saturated rings. The molecule has 1 amide bonds. The summed E-state index contributed by atoms with van der Waals surface area (Å²) in [6, 6.07) is 1.91. The van der Waals surface area contributed by atoms with E-state index in [-0.39, 0.29) is 18.3 Å². The molecule has 0 saturated carbocycles. The van der Waals surface area contributed by atoms with Crippen molar-refractivity contribution in [2.24, 2.45) is 5.92 Å². The van der Waals surface area contributed by atoms with Crippen molar-refractivity contribution in [3.8, 4) is 0 Å². The second-order valence-corrected chi connectivity index (χ2v) is 6.05. The van der Waals surface area contributed by atoms with Gasteiger partial charge in [-0.25, -0.2) is 0 Å². The van der Waals surface area contributed by atoms with E-state index in [1.807, 2.05) is 16.9 Å². The molecule has 3 rings (SSSR count). The highest BCUT2D eigenvalue weighted by atomic mass is 35.5. The van der Waals surface area contributed by atoms with Gasteiger partial charge in [-0.3, -0.25) is 9.48 Å². The molecule has 1 unspecified atom stereocenters. The Morgan fingerprint density at radius 1 is 1.43 bits per heavy atom. The van der Waals surface area contributed by atoms with Gasteiger partial charge in [-0.05, 0) is 44.3 Å². The summed E-state index contributed by atoms with van der Waals surface area (Å²) in [6.07, 6.45) is 7.70. The lowest BCUT2D eigenvalue weighted by molar-refractivity contribution is -0.142. The van der Waals surface area contributed by atoms with Crippen molar-refractivity contribution in [1.82, 2.24) is 20.0 Å². The van der Waals surface area contributed by atoms with Gasteiger partial charge in [0.1, 0.15) is 5.54 Å². The van der Waals surface area contributed by atoms with Gasteiger partial charge >= 0.3 is 0 Å². The highest BCUT2D eigenvalue weighted by Crippen LogP contribution is 2.32. The second kappa shape index (κ2) is 6.79. The molecule has 118 valence electrons. The molecule has 1 aromatic rings. The first-order chi connectivity index (χ1) is 9.76. The minimum absolute atomic E-state index is 0. The summed E-state index contributed by atoms with van der Waals surface area (Å²) >= 11 is 0. The zero-order valence-electron chi connectivity index (χ0n) is 12.6. The number of carbonyl (C=O) groups is 1. The number of hydrogen-bond donors (Lipinski definition) is 1. The van der Waals surface area contributed by atoms with Crippen molar-refractivity contribution in [2.75, 3.05) is 26.2 Å². The van der Waals surface area contributed by atoms with E-state index < -0.39 is 5.54 Å². The Labute approximate surface area is 132 Å². The van der Waals surface area contributed by atoms with Crippen LogP contribution in [0.5, 0.6) is 0 Å². The van der Waals surface area contributed by atoms with Crippen LogP contribution in [0.2, 0.25) is 0 Å². The van der Waals surface area contributed by atoms with Crippen LogP contribution in [0.3, 0.4) is 0 Å². The third-order valence-electron chi connectivity index (χ3n) is 4.92. The van der Waals surface area contributed by atoms with E-state index in [0.717, 1.165) is 45.4 Å². The van der Waals surface area contributed by atoms with Gasteiger partial charge in [0.05, 0.1) is 0 Å². The molecular formula is C15H25ClN4O. The van der Waals surface area contributed by atoms with Crippen LogP contribution in [0.4, 0.5) is 0 Å².